The maximum absolute atomic E-state index is 12.4. The molecule has 3 heterocycles. The van der Waals surface area contributed by atoms with Gasteiger partial charge in [0, 0.05) is 32.1 Å². The summed E-state index contributed by atoms with van der Waals surface area (Å²) in [5.41, 5.74) is 0.822. The Balaban J connectivity index is 1.97. The van der Waals surface area contributed by atoms with Gasteiger partial charge in [-0.25, -0.2) is 9.78 Å². The molecule has 3 rings (SSSR count). The summed E-state index contributed by atoms with van der Waals surface area (Å²) >= 11 is 1.02. The van der Waals surface area contributed by atoms with Crippen molar-refractivity contribution in [2.45, 2.75) is 0 Å². The molecule has 0 aliphatic heterocycles. The summed E-state index contributed by atoms with van der Waals surface area (Å²) in [6, 6.07) is 1.65. The highest BCUT2D eigenvalue weighted by atomic mass is 32.1. The quantitative estimate of drug-likeness (QED) is 0.414. The van der Waals surface area contributed by atoms with Crippen LogP contribution in [-0.2, 0) is 4.74 Å². The number of hydrogen-bond donors (Lipinski definition) is 4. The van der Waals surface area contributed by atoms with Gasteiger partial charge in [0.05, 0.1) is 18.5 Å². The molecule has 0 radical (unpaired) electrons. The van der Waals surface area contributed by atoms with Crippen LogP contribution in [0.25, 0.3) is 5.65 Å². The van der Waals surface area contributed by atoms with Crippen LogP contribution in [0.5, 0.6) is 0 Å². The van der Waals surface area contributed by atoms with Crippen molar-refractivity contribution in [3.8, 4) is 0 Å². The van der Waals surface area contributed by atoms with E-state index >= 15 is 0 Å². The van der Waals surface area contributed by atoms with Gasteiger partial charge in [0.2, 0.25) is 0 Å². The standard InChI is InChI=1S/C15H17N7O4S/c1-16-11-5-10(19-9-7-27-21-12(9)15(24)25)20-13-8(6-18-22(11)13)14(23)17-3-4-26-2/h5-7,16H,3-4H2,1-2H3,(H,17,23)(H,19,20)(H,24,25). The lowest BCUT2D eigenvalue weighted by atomic mass is 10.3. The summed E-state index contributed by atoms with van der Waals surface area (Å²) in [7, 11) is 3.25. The van der Waals surface area contributed by atoms with Gasteiger partial charge in [-0.3, -0.25) is 4.79 Å². The topological polar surface area (TPSA) is 143 Å². The lowest BCUT2D eigenvalue weighted by molar-refractivity contribution is 0.0692. The van der Waals surface area contributed by atoms with E-state index in [-0.39, 0.29) is 17.2 Å². The molecule has 0 aliphatic carbocycles. The van der Waals surface area contributed by atoms with Gasteiger partial charge in [-0.1, -0.05) is 0 Å². The normalized spacial score (nSPS) is 10.7. The first kappa shape index (κ1) is 18.5. The highest BCUT2D eigenvalue weighted by Crippen LogP contribution is 2.24. The molecule has 4 N–H and O–H groups in total. The molecule has 0 fully saturated rings. The van der Waals surface area contributed by atoms with E-state index in [1.54, 1.807) is 25.6 Å². The Morgan fingerprint density at radius 3 is 2.93 bits per heavy atom. The van der Waals surface area contributed by atoms with E-state index < -0.39 is 5.97 Å². The molecule has 0 aliphatic rings. The Kier molecular flexibility index (Phi) is 5.47. The van der Waals surface area contributed by atoms with E-state index in [2.05, 4.69) is 30.4 Å². The third-order valence-electron chi connectivity index (χ3n) is 3.60. The van der Waals surface area contributed by atoms with E-state index in [1.165, 1.54) is 10.7 Å². The number of carboxylic acid groups (broad SMARTS) is 1. The first-order chi connectivity index (χ1) is 13.0. The number of rotatable bonds is 8. The van der Waals surface area contributed by atoms with Gasteiger partial charge in [0.1, 0.15) is 17.2 Å². The van der Waals surface area contributed by atoms with Crippen LogP contribution in [-0.4, -0.2) is 63.3 Å². The van der Waals surface area contributed by atoms with Crippen molar-refractivity contribution in [2.75, 3.05) is 37.9 Å². The van der Waals surface area contributed by atoms with Crippen LogP contribution in [0.4, 0.5) is 17.3 Å². The monoisotopic (exact) mass is 391 g/mol. The van der Waals surface area contributed by atoms with Crippen molar-refractivity contribution in [3.05, 3.63) is 28.9 Å². The van der Waals surface area contributed by atoms with Crippen molar-refractivity contribution < 1.29 is 19.4 Å². The van der Waals surface area contributed by atoms with Crippen molar-refractivity contribution in [2.24, 2.45) is 0 Å². The Morgan fingerprint density at radius 2 is 2.22 bits per heavy atom. The number of methoxy groups -OCH3 is 1. The summed E-state index contributed by atoms with van der Waals surface area (Å²) in [5.74, 6) is -0.562. The number of aromatic nitrogens is 4. The second kappa shape index (κ2) is 7.97. The number of aromatic carboxylic acids is 1. The summed E-state index contributed by atoms with van der Waals surface area (Å²) in [4.78, 5) is 28.0. The first-order valence-electron chi connectivity index (χ1n) is 7.83. The number of nitrogens with one attached hydrogen (secondary N) is 3. The average Bonchev–Trinajstić information content (AvgIpc) is 3.28. The highest BCUT2D eigenvalue weighted by Gasteiger charge is 2.18. The fraction of sp³-hybridized carbons (Fsp3) is 0.267. The smallest absolute Gasteiger partial charge is 0.357 e. The van der Waals surface area contributed by atoms with Gasteiger partial charge in [0.25, 0.3) is 5.91 Å². The molecule has 142 valence electrons. The third kappa shape index (κ3) is 3.80. The number of amides is 1. The molecule has 3 aromatic rings. The van der Waals surface area contributed by atoms with E-state index in [1.807, 2.05) is 0 Å². The van der Waals surface area contributed by atoms with Gasteiger partial charge >= 0.3 is 5.97 Å². The number of carbonyl (C=O) groups excluding carboxylic acids is 1. The number of anilines is 3. The Hall–Kier alpha value is -3.25. The number of carbonyl (C=O) groups is 2. The zero-order valence-corrected chi connectivity index (χ0v) is 15.3. The molecule has 0 saturated carbocycles. The highest BCUT2D eigenvalue weighted by molar-refractivity contribution is 7.04. The SMILES string of the molecule is CNc1cc(Nc2csnc2C(=O)O)nc2c(C(=O)NCCOC)cnn12. The van der Waals surface area contributed by atoms with Crippen LogP contribution in [0.3, 0.4) is 0 Å². The Labute approximate surface area is 157 Å². The van der Waals surface area contributed by atoms with Crippen LogP contribution >= 0.6 is 11.5 Å². The van der Waals surface area contributed by atoms with Crippen molar-refractivity contribution >= 4 is 46.4 Å². The molecule has 3 aromatic heterocycles. The molecular formula is C15H17N7O4S. The molecule has 0 aromatic carbocycles. The largest absolute Gasteiger partial charge is 0.476 e. The number of nitrogens with zero attached hydrogens (tertiary/aromatic N) is 4. The molecule has 0 atom stereocenters. The second-order valence-corrected chi connectivity index (χ2v) is 5.96. The minimum Gasteiger partial charge on any atom is -0.476 e. The zero-order valence-electron chi connectivity index (χ0n) is 14.5. The summed E-state index contributed by atoms with van der Waals surface area (Å²) in [6.45, 7) is 0.738. The van der Waals surface area contributed by atoms with Crippen molar-refractivity contribution in [1.29, 1.82) is 0 Å². The number of carboxylic acids is 1. The summed E-state index contributed by atoms with van der Waals surface area (Å²) in [6.07, 6.45) is 1.42. The minimum atomic E-state index is -1.14. The van der Waals surface area contributed by atoms with Gasteiger partial charge in [-0.2, -0.15) is 14.0 Å². The molecule has 27 heavy (non-hydrogen) atoms. The van der Waals surface area contributed by atoms with E-state index in [0.29, 0.717) is 36.1 Å². The number of fused-ring (bicyclic) bond motifs is 1. The van der Waals surface area contributed by atoms with E-state index in [9.17, 15) is 14.7 Å². The predicted octanol–water partition coefficient (Wildman–Crippen LogP) is 1.05. The Bertz CT molecular complexity index is 984. The fourth-order valence-corrected chi connectivity index (χ4v) is 2.96. The van der Waals surface area contributed by atoms with Gasteiger partial charge < -0.3 is 25.8 Å². The summed E-state index contributed by atoms with van der Waals surface area (Å²) < 4.78 is 10.2. The molecular weight excluding hydrogens is 374 g/mol. The van der Waals surface area contributed by atoms with Crippen LogP contribution in [0.2, 0.25) is 0 Å². The number of hydrogen-bond acceptors (Lipinski definition) is 9. The molecule has 12 heteroatoms. The second-order valence-electron chi connectivity index (χ2n) is 5.33. The van der Waals surface area contributed by atoms with Crippen molar-refractivity contribution in [1.82, 2.24) is 24.3 Å². The maximum Gasteiger partial charge on any atom is 0.357 e. The van der Waals surface area contributed by atoms with E-state index in [0.717, 1.165) is 11.5 Å². The number of ether oxygens (including phenoxy) is 1. The van der Waals surface area contributed by atoms with Gasteiger partial charge in [-0.05, 0) is 11.5 Å². The lowest BCUT2D eigenvalue weighted by Crippen LogP contribution is -2.27. The molecule has 0 spiro atoms. The van der Waals surface area contributed by atoms with Gasteiger partial charge in [0.15, 0.2) is 11.3 Å². The minimum absolute atomic E-state index is 0.0984. The maximum atomic E-state index is 12.4. The van der Waals surface area contributed by atoms with Crippen molar-refractivity contribution in [3.63, 3.8) is 0 Å². The van der Waals surface area contributed by atoms with Crippen LogP contribution in [0.1, 0.15) is 20.8 Å². The lowest BCUT2D eigenvalue weighted by Gasteiger charge is -2.10. The third-order valence-corrected chi connectivity index (χ3v) is 4.23. The van der Waals surface area contributed by atoms with Crippen LogP contribution in [0.15, 0.2) is 17.6 Å². The van der Waals surface area contributed by atoms with Crippen LogP contribution in [0, 0.1) is 0 Å². The zero-order chi connectivity index (χ0) is 19.4. The first-order valence-corrected chi connectivity index (χ1v) is 8.67. The molecule has 1 amide bonds. The molecule has 0 saturated heterocycles. The average molecular weight is 391 g/mol. The Morgan fingerprint density at radius 1 is 1.41 bits per heavy atom. The molecule has 0 unspecified atom stereocenters. The van der Waals surface area contributed by atoms with Crippen LogP contribution < -0.4 is 16.0 Å². The molecule has 0 bridgehead atoms. The predicted molar refractivity (Wildman–Crippen MR) is 99.1 cm³/mol. The summed E-state index contributed by atoms with van der Waals surface area (Å²) in [5, 5.41) is 23.6. The van der Waals surface area contributed by atoms with E-state index in [4.69, 9.17) is 4.74 Å². The fourth-order valence-electron chi connectivity index (χ4n) is 2.34. The van der Waals surface area contributed by atoms with Gasteiger partial charge in [-0.15, -0.1) is 0 Å². The molecule has 11 nitrogen and oxygen atoms in total.